The van der Waals surface area contributed by atoms with Crippen LogP contribution in [-0.4, -0.2) is 41.4 Å². The minimum atomic E-state index is -0.608. The third-order valence-corrected chi connectivity index (χ3v) is 8.45. The molecule has 2 aliphatic rings. The van der Waals surface area contributed by atoms with E-state index >= 15 is 0 Å². The van der Waals surface area contributed by atoms with Crippen LogP contribution in [0.4, 0.5) is 0 Å². The van der Waals surface area contributed by atoms with Crippen LogP contribution in [0.3, 0.4) is 0 Å². The van der Waals surface area contributed by atoms with E-state index in [9.17, 15) is 29.1 Å². The Morgan fingerprint density at radius 1 is 0.750 bits per heavy atom. The van der Waals surface area contributed by atoms with Crippen molar-refractivity contribution in [1.82, 2.24) is 0 Å². The molecule has 0 bridgehead atoms. The van der Waals surface area contributed by atoms with E-state index in [0.29, 0.717) is 59.1 Å². The van der Waals surface area contributed by atoms with Crippen LogP contribution in [0, 0.1) is 11.8 Å². The van der Waals surface area contributed by atoms with Gasteiger partial charge in [0.1, 0.15) is 23.0 Å². The predicted octanol–water partition coefficient (Wildman–Crippen LogP) is 6.39. The first-order valence-electron chi connectivity index (χ1n) is 15.3. The largest absolute Gasteiger partial charge is 0.507 e. The Hall–Kier alpha value is -6.03. The van der Waals surface area contributed by atoms with Crippen molar-refractivity contribution in [2.45, 2.75) is 25.7 Å². The van der Waals surface area contributed by atoms with Crippen molar-refractivity contribution in [1.29, 1.82) is 0 Å². The maximum Gasteiger partial charge on any atom is 0.333 e. The van der Waals surface area contributed by atoms with Gasteiger partial charge in [-0.2, -0.15) is 0 Å². The lowest BCUT2D eigenvalue weighted by Gasteiger charge is -2.26. The smallest absolute Gasteiger partial charge is 0.333 e. The van der Waals surface area contributed by atoms with Crippen molar-refractivity contribution < 1.29 is 48.0 Å². The molecule has 0 spiro atoms. The molecule has 10 nitrogen and oxygen atoms in total. The van der Waals surface area contributed by atoms with Crippen LogP contribution < -0.4 is 14.2 Å². The number of phenols is 1. The van der Waals surface area contributed by atoms with Gasteiger partial charge in [-0.05, 0) is 62.1 Å². The van der Waals surface area contributed by atoms with Gasteiger partial charge in [-0.1, -0.05) is 55.1 Å². The maximum absolute atomic E-state index is 13.4. The molecule has 2 aliphatic carbocycles. The second-order valence-electron chi connectivity index (χ2n) is 11.4. The van der Waals surface area contributed by atoms with Crippen LogP contribution in [0.2, 0.25) is 0 Å². The van der Waals surface area contributed by atoms with E-state index in [4.69, 9.17) is 18.9 Å². The van der Waals surface area contributed by atoms with Gasteiger partial charge in [0, 0.05) is 33.5 Å². The maximum atomic E-state index is 13.4. The van der Waals surface area contributed by atoms with Crippen molar-refractivity contribution in [2.75, 3.05) is 6.79 Å². The van der Waals surface area contributed by atoms with Crippen LogP contribution in [0.25, 0.3) is 16.8 Å². The molecule has 0 aromatic heterocycles. The van der Waals surface area contributed by atoms with E-state index in [2.05, 4.69) is 6.58 Å². The number of carbonyl (C=O) groups is 5. The molecule has 1 N–H and O–H groups in total. The summed E-state index contributed by atoms with van der Waals surface area (Å²) in [5.74, 6) is -2.46. The summed E-state index contributed by atoms with van der Waals surface area (Å²) in [6, 6.07) is 21.1. The van der Waals surface area contributed by atoms with Gasteiger partial charge in [-0.15, -0.1) is 0 Å². The van der Waals surface area contributed by atoms with Crippen LogP contribution in [0.5, 0.6) is 23.0 Å². The fourth-order valence-corrected chi connectivity index (χ4v) is 5.88. The highest BCUT2D eigenvalue weighted by Gasteiger charge is 2.34. The third-order valence-electron chi connectivity index (χ3n) is 8.45. The molecule has 0 amide bonds. The Kier molecular flexibility index (Phi) is 9.15. The van der Waals surface area contributed by atoms with E-state index < -0.39 is 41.3 Å². The Balaban J connectivity index is 1.10. The highest BCUT2D eigenvalue weighted by molar-refractivity contribution is 6.41. The molecule has 0 radical (unpaired) electrons. The number of benzene rings is 4. The fraction of sp³-hybridized carbons (Fsp3) is 0.184. The van der Waals surface area contributed by atoms with Crippen molar-refractivity contribution in [3.8, 4) is 23.0 Å². The topological polar surface area (TPSA) is 142 Å². The van der Waals surface area contributed by atoms with E-state index in [0.717, 1.165) is 6.08 Å². The Morgan fingerprint density at radius 2 is 1.29 bits per heavy atom. The number of carbonyl (C=O) groups excluding carboxylic acids is 5. The number of hydrogen-bond donors (Lipinski definition) is 1. The first kappa shape index (κ1) is 31.9. The first-order chi connectivity index (χ1) is 23.2. The third kappa shape index (κ3) is 6.59. The van der Waals surface area contributed by atoms with E-state index in [1.165, 1.54) is 12.1 Å². The van der Waals surface area contributed by atoms with E-state index in [1.807, 2.05) is 0 Å². The molecule has 1 fully saturated rings. The number of phenolic OH excluding ortho intramolecular Hbond substituents is 1. The van der Waals surface area contributed by atoms with Gasteiger partial charge < -0.3 is 24.1 Å². The van der Waals surface area contributed by atoms with Crippen LogP contribution in [0.15, 0.2) is 97.1 Å². The van der Waals surface area contributed by atoms with Crippen LogP contribution >= 0.6 is 0 Å². The summed E-state index contributed by atoms with van der Waals surface area (Å²) < 4.78 is 21.5. The first-order valence-corrected chi connectivity index (χ1v) is 15.3. The molecule has 0 unspecified atom stereocenters. The molecule has 48 heavy (non-hydrogen) atoms. The second-order valence-corrected chi connectivity index (χ2v) is 11.4. The molecule has 242 valence electrons. The summed E-state index contributed by atoms with van der Waals surface area (Å²) in [6.45, 7) is 3.02. The minimum absolute atomic E-state index is 0.0833. The summed E-state index contributed by atoms with van der Waals surface area (Å²) in [5, 5.41) is 12.0. The number of allylic oxidation sites excluding steroid dienone is 1. The Labute approximate surface area is 275 Å². The normalized spacial score (nSPS) is 17.0. The highest BCUT2D eigenvalue weighted by Crippen LogP contribution is 2.40. The molecular weight excluding hydrogens is 616 g/mol. The summed E-state index contributed by atoms with van der Waals surface area (Å²) in [6.07, 6.45) is 4.02. The van der Waals surface area contributed by atoms with Crippen LogP contribution in [-0.2, 0) is 19.1 Å². The van der Waals surface area contributed by atoms with Gasteiger partial charge in [0.05, 0.1) is 17.4 Å². The Morgan fingerprint density at radius 3 is 1.90 bits per heavy atom. The summed E-state index contributed by atoms with van der Waals surface area (Å²) >= 11 is 0. The number of ketones is 2. The summed E-state index contributed by atoms with van der Waals surface area (Å²) in [5.41, 5.74) is 0.685. The predicted molar refractivity (Wildman–Crippen MR) is 174 cm³/mol. The molecule has 0 heterocycles. The summed E-state index contributed by atoms with van der Waals surface area (Å²) in [4.78, 5) is 63.3. The number of Topliss-reactive ketones (excluding diaryl/α,β-unsaturated/α-hetero) is 2. The van der Waals surface area contributed by atoms with Crippen molar-refractivity contribution in [2.24, 2.45) is 11.8 Å². The molecule has 1 saturated carbocycles. The monoisotopic (exact) mass is 646 g/mol. The van der Waals surface area contributed by atoms with Crippen molar-refractivity contribution >= 4 is 46.3 Å². The average molecular weight is 647 g/mol. The molecule has 4 aromatic rings. The van der Waals surface area contributed by atoms with Crippen molar-refractivity contribution in [3.05, 3.63) is 114 Å². The minimum Gasteiger partial charge on any atom is -0.507 e. The molecular formula is C38H30O10. The van der Waals surface area contributed by atoms with E-state index in [1.54, 1.807) is 72.8 Å². The zero-order valence-electron chi connectivity index (χ0n) is 25.7. The van der Waals surface area contributed by atoms with Gasteiger partial charge in [0.2, 0.25) is 6.79 Å². The highest BCUT2D eigenvalue weighted by atomic mass is 16.7. The molecule has 0 saturated heterocycles. The van der Waals surface area contributed by atoms with Gasteiger partial charge >= 0.3 is 17.9 Å². The van der Waals surface area contributed by atoms with Gasteiger partial charge in [-0.25, -0.2) is 4.79 Å². The molecule has 6 rings (SSSR count). The number of aromatic hydroxyl groups is 1. The number of fused-ring (bicyclic) bond motifs is 2. The zero-order chi connectivity index (χ0) is 33.8. The number of ether oxygens (including phenoxy) is 4. The van der Waals surface area contributed by atoms with Gasteiger partial charge in [-0.3, -0.25) is 19.2 Å². The quantitative estimate of drug-likeness (QED) is 0.0714. The second kappa shape index (κ2) is 13.8. The lowest BCUT2D eigenvalue weighted by molar-refractivity contribution is -0.145. The lowest BCUT2D eigenvalue weighted by Crippen LogP contribution is -2.30. The van der Waals surface area contributed by atoms with Crippen molar-refractivity contribution in [3.63, 3.8) is 0 Å². The van der Waals surface area contributed by atoms with Gasteiger partial charge in [0.15, 0.2) is 11.6 Å². The van der Waals surface area contributed by atoms with Crippen LogP contribution in [0.1, 0.15) is 52.0 Å². The number of hydrogen-bond acceptors (Lipinski definition) is 10. The SMILES string of the molecule is C=CC(=O)OCOc1ccc(OC(=O)C2CCC(C(=O)Oc3cc(C=C4C(=O)c5ccccc5C4=O)c(O)c4ccccc34)CC2)cc1. The Bertz CT molecular complexity index is 1940. The standard InChI is InChI=1S/C38H30O10/c1-2-33(39)46-21-45-25-15-17-26(18-16-25)47-37(43)22-11-13-23(14-12-22)38(44)48-32-20-24(34(40)28-8-4-3-7-27(28)32)19-31-35(41)29-9-5-6-10-30(29)36(31)42/h2-10,15-20,22-23,40H,1,11-14,21H2. The van der Waals surface area contributed by atoms with Gasteiger partial charge in [0.25, 0.3) is 0 Å². The summed E-state index contributed by atoms with van der Waals surface area (Å²) in [7, 11) is 0. The molecule has 0 aliphatic heterocycles. The molecule has 10 heteroatoms. The number of esters is 3. The van der Waals surface area contributed by atoms with E-state index in [-0.39, 0.29) is 29.4 Å². The number of rotatable bonds is 9. The molecule has 4 aromatic carbocycles. The molecule has 0 atom stereocenters. The lowest BCUT2D eigenvalue weighted by atomic mass is 9.82. The fourth-order valence-electron chi connectivity index (χ4n) is 5.88. The zero-order valence-corrected chi connectivity index (χ0v) is 25.7. The average Bonchev–Trinajstić information content (AvgIpc) is 3.35.